The number of rotatable bonds is 7. The third-order valence-corrected chi connectivity index (χ3v) is 6.29. The van der Waals surface area contributed by atoms with Gasteiger partial charge < -0.3 is 10.2 Å². The highest BCUT2D eigenvalue weighted by molar-refractivity contribution is 7.91. The van der Waals surface area contributed by atoms with Gasteiger partial charge in [0.25, 0.3) is 0 Å². The van der Waals surface area contributed by atoms with Gasteiger partial charge in [-0.2, -0.15) is 0 Å². The molecule has 2 heterocycles. The van der Waals surface area contributed by atoms with Crippen LogP contribution in [0.4, 0.5) is 11.6 Å². The number of amides is 1. The molecule has 1 amide bonds. The second-order valence-corrected chi connectivity index (χ2v) is 8.35. The Morgan fingerprint density at radius 2 is 2.00 bits per heavy atom. The first-order chi connectivity index (χ1) is 11.4. The van der Waals surface area contributed by atoms with E-state index in [-0.39, 0.29) is 29.4 Å². The van der Waals surface area contributed by atoms with Crippen molar-refractivity contribution in [2.45, 2.75) is 46.1 Å². The average molecular weight is 354 g/mol. The van der Waals surface area contributed by atoms with Crippen LogP contribution in [-0.2, 0) is 14.6 Å². The molecule has 1 aromatic rings. The van der Waals surface area contributed by atoms with E-state index >= 15 is 0 Å². The van der Waals surface area contributed by atoms with Crippen LogP contribution in [0.5, 0.6) is 0 Å². The minimum atomic E-state index is -2.94. The Kier molecular flexibility index (Phi) is 6.15. The molecule has 24 heavy (non-hydrogen) atoms. The summed E-state index contributed by atoms with van der Waals surface area (Å²) in [5.74, 6) is 1.38. The zero-order chi connectivity index (χ0) is 17.7. The summed E-state index contributed by atoms with van der Waals surface area (Å²) in [4.78, 5) is 14.0. The fourth-order valence-corrected chi connectivity index (χ4v) is 4.79. The summed E-state index contributed by atoms with van der Waals surface area (Å²) < 4.78 is 23.4. The van der Waals surface area contributed by atoms with E-state index in [0.717, 1.165) is 12.8 Å². The molecular weight excluding hydrogens is 328 g/mol. The molecule has 0 spiro atoms. The Morgan fingerprint density at radius 3 is 2.46 bits per heavy atom. The minimum absolute atomic E-state index is 0.0256. The van der Waals surface area contributed by atoms with Crippen LogP contribution in [0.25, 0.3) is 0 Å². The van der Waals surface area contributed by atoms with E-state index in [1.807, 2.05) is 25.7 Å². The quantitative estimate of drug-likeness (QED) is 0.803. The molecular formula is C16H26N4O3S. The summed E-state index contributed by atoms with van der Waals surface area (Å²) in [6, 6.07) is 3.44. The first-order valence-corrected chi connectivity index (χ1v) is 10.3. The van der Waals surface area contributed by atoms with E-state index in [2.05, 4.69) is 15.5 Å². The minimum Gasteiger partial charge on any atom is -0.351 e. The molecule has 1 N–H and O–H groups in total. The molecule has 1 atom stereocenters. The molecule has 1 aromatic heterocycles. The standard InChI is InChI=1S/C16H26N4O3S/c1-4-12(5-2)16(21)17-14-7-8-15(19-18-14)20(6-3)13-9-10-24(22,23)11-13/h7-8,12-13H,4-6,9-11H2,1-3H3,(H,17,18,21). The summed E-state index contributed by atoms with van der Waals surface area (Å²) in [5.41, 5.74) is 0. The van der Waals surface area contributed by atoms with Crippen LogP contribution in [0.15, 0.2) is 12.1 Å². The SMILES string of the molecule is CCC(CC)C(=O)Nc1ccc(N(CC)C2CCS(=O)(=O)C2)nn1. The number of nitrogens with one attached hydrogen (secondary N) is 1. The van der Waals surface area contributed by atoms with Crippen LogP contribution >= 0.6 is 0 Å². The summed E-state index contributed by atoms with van der Waals surface area (Å²) in [6.07, 6.45) is 2.19. The molecule has 0 aliphatic carbocycles. The second-order valence-electron chi connectivity index (χ2n) is 6.12. The van der Waals surface area contributed by atoms with E-state index in [9.17, 15) is 13.2 Å². The fraction of sp³-hybridized carbons (Fsp3) is 0.688. The maximum absolute atomic E-state index is 12.1. The highest BCUT2D eigenvalue weighted by Gasteiger charge is 2.32. The Balaban J connectivity index is 2.06. The molecule has 1 aliphatic rings. The van der Waals surface area contributed by atoms with Crippen molar-refractivity contribution in [2.75, 3.05) is 28.3 Å². The van der Waals surface area contributed by atoms with E-state index < -0.39 is 9.84 Å². The molecule has 1 unspecified atom stereocenters. The van der Waals surface area contributed by atoms with Crippen LogP contribution in [0.2, 0.25) is 0 Å². The molecule has 1 fully saturated rings. The first-order valence-electron chi connectivity index (χ1n) is 8.51. The molecule has 1 aliphatic heterocycles. The van der Waals surface area contributed by atoms with E-state index in [1.54, 1.807) is 12.1 Å². The zero-order valence-corrected chi connectivity index (χ0v) is 15.3. The molecule has 0 radical (unpaired) electrons. The van der Waals surface area contributed by atoms with Crippen molar-refractivity contribution in [1.82, 2.24) is 10.2 Å². The number of aromatic nitrogens is 2. The van der Waals surface area contributed by atoms with Gasteiger partial charge in [0.1, 0.15) is 0 Å². The molecule has 7 nitrogen and oxygen atoms in total. The highest BCUT2D eigenvalue weighted by Crippen LogP contribution is 2.23. The number of carbonyl (C=O) groups excluding carboxylic acids is 1. The van der Waals surface area contributed by atoms with Crippen molar-refractivity contribution >= 4 is 27.4 Å². The lowest BCUT2D eigenvalue weighted by molar-refractivity contribution is -0.120. The Labute approximate surface area is 143 Å². The van der Waals surface area contributed by atoms with E-state index in [1.165, 1.54) is 0 Å². The van der Waals surface area contributed by atoms with E-state index in [0.29, 0.717) is 24.6 Å². The third kappa shape index (κ3) is 4.43. The number of carbonyl (C=O) groups is 1. The number of nitrogens with zero attached hydrogens (tertiary/aromatic N) is 3. The van der Waals surface area contributed by atoms with Crippen molar-refractivity contribution < 1.29 is 13.2 Å². The normalized spacial score (nSPS) is 19.4. The monoisotopic (exact) mass is 354 g/mol. The zero-order valence-electron chi connectivity index (χ0n) is 14.5. The number of sulfone groups is 1. The van der Waals surface area contributed by atoms with Crippen LogP contribution in [-0.4, -0.2) is 48.6 Å². The molecule has 2 rings (SSSR count). The Bertz CT molecular complexity index is 656. The molecule has 1 saturated heterocycles. The van der Waals surface area contributed by atoms with Gasteiger partial charge in [0.15, 0.2) is 21.5 Å². The van der Waals surface area contributed by atoms with Crippen LogP contribution < -0.4 is 10.2 Å². The highest BCUT2D eigenvalue weighted by atomic mass is 32.2. The van der Waals surface area contributed by atoms with Gasteiger partial charge in [-0.25, -0.2) is 8.42 Å². The van der Waals surface area contributed by atoms with Crippen LogP contribution in [0, 0.1) is 5.92 Å². The molecule has 0 bridgehead atoms. The van der Waals surface area contributed by atoms with Gasteiger partial charge in [0.05, 0.1) is 11.5 Å². The van der Waals surface area contributed by atoms with Gasteiger partial charge in [-0.05, 0) is 38.3 Å². The topological polar surface area (TPSA) is 92.3 Å². The molecule has 8 heteroatoms. The van der Waals surface area contributed by atoms with Crippen molar-refractivity contribution in [1.29, 1.82) is 0 Å². The van der Waals surface area contributed by atoms with E-state index in [4.69, 9.17) is 0 Å². The van der Waals surface area contributed by atoms with Gasteiger partial charge in [-0.3, -0.25) is 4.79 Å². The third-order valence-electron chi connectivity index (χ3n) is 4.54. The number of anilines is 2. The van der Waals surface area contributed by atoms with Gasteiger partial charge in [0, 0.05) is 18.5 Å². The molecule has 134 valence electrons. The van der Waals surface area contributed by atoms with Crippen molar-refractivity contribution in [2.24, 2.45) is 5.92 Å². The fourth-order valence-electron chi connectivity index (χ4n) is 3.06. The first kappa shape index (κ1) is 18.6. The van der Waals surface area contributed by atoms with Gasteiger partial charge >= 0.3 is 0 Å². The Hall–Kier alpha value is -1.70. The lowest BCUT2D eigenvalue weighted by Gasteiger charge is -2.27. The summed E-state index contributed by atoms with van der Waals surface area (Å²) in [7, 11) is -2.94. The smallest absolute Gasteiger partial charge is 0.228 e. The summed E-state index contributed by atoms with van der Waals surface area (Å²) >= 11 is 0. The average Bonchev–Trinajstić information content (AvgIpc) is 2.91. The maximum Gasteiger partial charge on any atom is 0.228 e. The molecule has 0 aromatic carbocycles. The lowest BCUT2D eigenvalue weighted by atomic mass is 10.0. The predicted molar refractivity (Wildman–Crippen MR) is 94.8 cm³/mol. The van der Waals surface area contributed by atoms with Gasteiger partial charge in [-0.1, -0.05) is 13.8 Å². The van der Waals surface area contributed by atoms with Crippen LogP contribution in [0.1, 0.15) is 40.0 Å². The number of hydrogen-bond donors (Lipinski definition) is 1. The largest absolute Gasteiger partial charge is 0.351 e. The predicted octanol–water partition coefficient (Wildman–Crippen LogP) is 1.86. The molecule has 0 saturated carbocycles. The lowest BCUT2D eigenvalue weighted by Crippen LogP contribution is -2.36. The second kappa shape index (κ2) is 7.92. The van der Waals surface area contributed by atoms with Gasteiger partial charge in [-0.15, -0.1) is 10.2 Å². The van der Waals surface area contributed by atoms with Crippen molar-refractivity contribution in [3.05, 3.63) is 12.1 Å². The Morgan fingerprint density at radius 1 is 1.29 bits per heavy atom. The maximum atomic E-state index is 12.1. The summed E-state index contributed by atoms with van der Waals surface area (Å²) in [5, 5.41) is 11.0. The summed E-state index contributed by atoms with van der Waals surface area (Å²) in [6.45, 7) is 6.60. The van der Waals surface area contributed by atoms with Crippen molar-refractivity contribution in [3.8, 4) is 0 Å². The number of hydrogen-bond acceptors (Lipinski definition) is 6. The van der Waals surface area contributed by atoms with Crippen molar-refractivity contribution in [3.63, 3.8) is 0 Å². The van der Waals surface area contributed by atoms with Crippen LogP contribution in [0.3, 0.4) is 0 Å². The van der Waals surface area contributed by atoms with Gasteiger partial charge in [0.2, 0.25) is 5.91 Å².